The van der Waals surface area contributed by atoms with Crippen LogP contribution in [0.2, 0.25) is 0 Å². The molecule has 2 aliphatic rings. The summed E-state index contributed by atoms with van der Waals surface area (Å²) in [7, 11) is 0. The Morgan fingerprint density at radius 1 is 1.17 bits per heavy atom. The standard InChI is InChI=1S/C18H17F3N2O/c19-18(20,21)14-5-6-15(22-9-14)7-12-1-3-13(4-2-12)17-8-16(10-24-17)23-11-17/h1-6,9,16,23H,7-8,10-11H2/t16-,17-/m0/s1. The van der Waals surface area contributed by atoms with E-state index in [0.717, 1.165) is 43.0 Å². The lowest BCUT2D eigenvalue weighted by molar-refractivity contribution is -0.137. The smallest absolute Gasteiger partial charge is 0.367 e. The zero-order chi connectivity index (χ0) is 16.8. The van der Waals surface area contributed by atoms with E-state index < -0.39 is 11.7 Å². The van der Waals surface area contributed by atoms with Gasteiger partial charge in [0.15, 0.2) is 0 Å². The van der Waals surface area contributed by atoms with Crippen molar-refractivity contribution in [1.29, 1.82) is 0 Å². The highest BCUT2D eigenvalue weighted by Gasteiger charge is 2.47. The molecule has 1 aromatic carbocycles. The summed E-state index contributed by atoms with van der Waals surface area (Å²) in [6.07, 6.45) is -1.96. The molecule has 3 nitrogen and oxygen atoms in total. The fourth-order valence-electron chi connectivity index (χ4n) is 3.47. The monoisotopic (exact) mass is 334 g/mol. The molecule has 2 saturated heterocycles. The topological polar surface area (TPSA) is 34.1 Å². The molecule has 2 bridgehead atoms. The lowest BCUT2D eigenvalue weighted by atomic mass is 9.91. The SMILES string of the molecule is FC(F)(F)c1ccc(Cc2ccc([C@]34CN[C@H](CO3)C4)cc2)nc1. The molecule has 6 heteroatoms. The number of benzene rings is 1. The van der Waals surface area contributed by atoms with Crippen LogP contribution in [0.1, 0.15) is 28.8 Å². The first-order chi connectivity index (χ1) is 11.4. The molecular weight excluding hydrogens is 317 g/mol. The minimum absolute atomic E-state index is 0.212. The number of nitrogens with one attached hydrogen (secondary N) is 1. The molecule has 3 heterocycles. The molecule has 24 heavy (non-hydrogen) atoms. The van der Waals surface area contributed by atoms with Crippen LogP contribution in [0.15, 0.2) is 42.6 Å². The third-order valence-corrected chi connectivity index (χ3v) is 4.83. The number of aromatic nitrogens is 1. The Bertz CT molecular complexity index is 717. The second-order valence-corrected chi connectivity index (χ2v) is 6.50. The van der Waals surface area contributed by atoms with E-state index in [9.17, 15) is 13.2 Å². The minimum atomic E-state index is -4.35. The largest absolute Gasteiger partial charge is 0.417 e. The van der Waals surface area contributed by atoms with Crippen molar-refractivity contribution in [2.45, 2.75) is 30.7 Å². The number of nitrogens with zero attached hydrogens (tertiary/aromatic N) is 1. The van der Waals surface area contributed by atoms with Crippen molar-refractivity contribution in [2.75, 3.05) is 13.2 Å². The van der Waals surface area contributed by atoms with Gasteiger partial charge in [-0.15, -0.1) is 0 Å². The van der Waals surface area contributed by atoms with Crippen LogP contribution in [0.5, 0.6) is 0 Å². The van der Waals surface area contributed by atoms with Gasteiger partial charge >= 0.3 is 6.18 Å². The average Bonchev–Trinajstić information content (AvgIpc) is 3.17. The first-order valence-electron chi connectivity index (χ1n) is 7.94. The van der Waals surface area contributed by atoms with Gasteiger partial charge in [0.1, 0.15) is 5.60 Å². The average molecular weight is 334 g/mol. The van der Waals surface area contributed by atoms with Gasteiger partial charge in [-0.05, 0) is 29.7 Å². The van der Waals surface area contributed by atoms with Crippen molar-refractivity contribution < 1.29 is 17.9 Å². The third kappa shape index (κ3) is 2.80. The summed E-state index contributed by atoms with van der Waals surface area (Å²) in [5.41, 5.74) is 1.86. The highest BCUT2D eigenvalue weighted by molar-refractivity contribution is 5.32. The van der Waals surface area contributed by atoms with Gasteiger partial charge in [-0.3, -0.25) is 4.98 Å². The van der Waals surface area contributed by atoms with Crippen LogP contribution in [-0.4, -0.2) is 24.2 Å². The van der Waals surface area contributed by atoms with E-state index in [2.05, 4.69) is 22.4 Å². The summed E-state index contributed by atoms with van der Waals surface area (Å²) in [6.45, 7) is 1.58. The number of hydrogen-bond acceptors (Lipinski definition) is 3. The molecule has 126 valence electrons. The van der Waals surface area contributed by atoms with Gasteiger partial charge in [-0.2, -0.15) is 13.2 Å². The van der Waals surface area contributed by atoms with Crippen LogP contribution in [-0.2, 0) is 22.9 Å². The maximum absolute atomic E-state index is 12.6. The van der Waals surface area contributed by atoms with Crippen LogP contribution < -0.4 is 5.32 Å². The molecule has 0 radical (unpaired) electrons. The quantitative estimate of drug-likeness (QED) is 0.935. The lowest BCUT2D eigenvalue weighted by Gasteiger charge is -2.27. The number of morpholine rings is 1. The number of alkyl halides is 3. The molecule has 1 N–H and O–H groups in total. The summed E-state index contributed by atoms with van der Waals surface area (Å²) in [5.74, 6) is 0. The van der Waals surface area contributed by atoms with Crippen molar-refractivity contribution in [3.63, 3.8) is 0 Å². The Morgan fingerprint density at radius 2 is 1.96 bits per heavy atom. The Morgan fingerprint density at radius 3 is 2.46 bits per heavy atom. The van der Waals surface area contributed by atoms with Gasteiger partial charge in [-0.25, -0.2) is 0 Å². The van der Waals surface area contributed by atoms with E-state index in [-0.39, 0.29) is 5.60 Å². The van der Waals surface area contributed by atoms with E-state index >= 15 is 0 Å². The van der Waals surface area contributed by atoms with Crippen LogP contribution in [0.25, 0.3) is 0 Å². The Labute approximate surface area is 137 Å². The molecule has 2 aliphatic heterocycles. The summed E-state index contributed by atoms with van der Waals surface area (Å²) in [6, 6.07) is 11.1. The lowest BCUT2D eigenvalue weighted by Crippen LogP contribution is -2.37. The summed E-state index contributed by atoms with van der Waals surface area (Å²) < 4.78 is 43.6. The number of rotatable bonds is 3. The van der Waals surface area contributed by atoms with Gasteiger partial charge in [0.25, 0.3) is 0 Å². The van der Waals surface area contributed by atoms with Crippen molar-refractivity contribution >= 4 is 0 Å². The molecular formula is C18H17F3N2O. The van der Waals surface area contributed by atoms with Crippen molar-refractivity contribution in [2.24, 2.45) is 0 Å². The normalized spacial score (nSPS) is 26.0. The Kier molecular flexibility index (Phi) is 3.62. The minimum Gasteiger partial charge on any atom is -0.367 e. The fraction of sp³-hybridized carbons (Fsp3) is 0.389. The van der Waals surface area contributed by atoms with Crippen molar-refractivity contribution in [3.8, 4) is 0 Å². The zero-order valence-corrected chi connectivity index (χ0v) is 12.9. The number of pyridine rings is 1. The van der Waals surface area contributed by atoms with E-state index in [0.29, 0.717) is 18.2 Å². The van der Waals surface area contributed by atoms with Crippen molar-refractivity contribution in [3.05, 3.63) is 65.0 Å². The molecule has 1 aromatic heterocycles. The van der Waals surface area contributed by atoms with Gasteiger partial charge < -0.3 is 10.1 Å². The fourth-order valence-corrected chi connectivity index (χ4v) is 3.47. The molecule has 2 atom stereocenters. The van der Waals surface area contributed by atoms with Crippen LogP contribution in [0.3, 0.4) is 0 Å². The Hall–Kier alpha value is -1.92. The molecule has 4 rings (SSSR count). The van der Waals surface area contributed by atoms with E-state index in [1.165, 1.54) is 6.07 Å². The summed E-state index contributed by atoms with van der Waals surface area (Å²) in [4.78, 5) is 3.92. The molecule has 0 aliphatic carbocycles. The summed E-state index contributed by atoms with van der Waals surface area (Å²) in [5, 5.41) is 3.44. The second-order valence-electron chi connectivity index (χ2n) is 6.50. The number of fused-ring (bicyclic) bond motifs is 2. The van der Waals surface area contributed by atoms with Crippen molar-refractivity contribution in [1.82, 2.24) is 10.3 Å². The predicted octanol–water partition coefficient (Wildman–Crippen LogP) is 3.28. The first kappa shape index (κ1) is 15.6. The van der Waals surface area contributed by atoms with E-state index in [4.69, 9.17) is 4.74 Å². The highest BCUT2D eigenvalue weighted by atomic mass is 19.4. The first-order valence-corrected chi connectivity index (χ1v) is 7.94. The molecule has 2 fully saturated rings. The highest BCUT2D eigenvalue weighted by Crippen LogP contribution is 2.40. The number of hydrogen-bond donors (Lipinski definition) is 1. The third-order valence-electron chi connectivity index (χ3n) is 4.83. The maximum Gasteiger partial charge on any atom is 0.417 e. The van der Waals surface area contributed by atoms with Gasteiger partial charge in [0.2, 0.25) is 0 Å². The van der Waals surface area contributed by atoms with Crippen LogP contribution in [0, 0.1) is 0 Å². The van der Waals surface area contributed by atoms with E-state index in [1.807, 2.05) is 12.1 Å². The van der Waals surface area contributed by atoms with Gasteiger partial charge in [0.05, 0.1) is 12.2 Å². The van der Waals surface area contributed by atoms with Crippen LogP contribution >= 0.6 is 0 Å². The van der Waals surface area contributed by atoms with Gasteiger partial charge in [0, 0.05) is 30.9 Å². The Balaban J connectivity index is 1.48. The maximum atomic E-state index is 12.6. The zero-order valence-electron chi connectivity index (χ0n) is 12.9. The predicted molar refractivity (Wildman–Crippen MR) is 82.5 cm³/mol. The molecule has 0 spiro atoms. The molecule has 0 amide bonds. The van der Waals surface area contributed by atoms with Crippen LogP contribution in [0.4, 0.5) is 13.2 Å². The molecule has 2 aromatic rings. The second kappa shape index (κ2) is 5.57. The molecule has 0 unspecified atom stereocenters. The number of ether oxygens (including phenoxy) is 1. The van der Waals surface area contributed by atoms with Gasteiger partial charge in [-0.1, -0.05) is 24.3 Å². The number of halogens is 3. The molecule has 0 saturated carbocycles. The van der Waals surface area contributed by atoms with E-state index in [1.54, 1.807) is 0 Å². The summed E-state index contributed by atoms with van der Waals surface area (Å²) >= 11 is 0.